The zero-order valence-corrected chi connectivity index (χ0v) is 13.0. The summed E-state index contributed by atoms with van der Waals surface area (Å²) in [6, 6.07) is 11.9. The largest absolute Gasteiger partial charge is 0.433 e. The first-order chi connectivity index (χ1) is 12.0. The van der Waals surface area contributed by atoms with Crippen LogP contribution in [0.2, 0.25) is 0 Å². The van der Waals surface area contributed by atoms with Crippen LogP contribution in [-0.4, -0.2) is 26.9 Å². The fourth-order valence-electron chi connectivity index (χ4n) is 2.10. The number of nitro groups is 1. The van der Waals surface area contributed by atoms with Crippen LogP contribution >= 0.6 is 0 Å². The average Bonchev–Trinajstić information content (AvgIpc) is 3.22. The third-order valence-corrected chi connectivity index (χ3v) is 3.14. The molecule has 0 amide bonds. The second kappa shape index (κ2) is 6.79. The number of hydrogen-bond donors (Lipinski definition) is 0. The molecule has 0 unspecified atom stereocenters. The van der Waals surface area contributed by atoms with Gasteiger partial charge in [0, 0.05) is 18.7 Å². The highest BCUT2D eigenvalue weighted by atomic mass is 16.7. The molecule has 3 aromatic rings. The monoisotopic (exact) mass is 340 g/mol. The number of oxime groups is 1. The minimum atomic E-state index is -0.635. The average molecular weight is 340 g/mol. The maximum Gasteiger partial charge on any atom is 0.433 e. The van der Waals surface area contributed by atoms with Gasteiger partial charge in [-0.1, -0.05) is 23.4 Å². The second-order valence-corrected chi connectivity index (χ2v) is 4.93. The summed E-state index contributed by atoms with van der Waals surface area (Å²) in [5.41, 5.74) is 1.57. The van der Waals surface area contributed by atoms with Gasteiger partial charge in [0.1, 0.15) is 10.6 Å². The highest BCUT2D eigenvalue weighted by molar-refractivity contribution is 5.87. The molecule has 3 rings (SSSR count). The Hall–Kier alpha value is -3.75. The number of para-hydroxylation sites is 1. The first-order valence-corrected chi connectivity index (χ1v) is 7.15. The highest BCUT2D eigenvalue weighted by Gasteiger charge is 2.19. The predicted octanol–water partition coefficient (Wildman–Crippen LogP) is 2.94. The number of carbonyl (C=O) groups excluding carboxylic acids is 1. The van der Waals surface area contributed by atoms with Gasteiger partial charge in [0.05, 0.1) is 18.0 Å². The van der Waals surface area contributed by atoms with E-state index >= 15 is 0 Å². The minimum absolute atomic E-state index is 0.200. The van der Waals surface area contributed by atoms with E-state index in [9.17, 15) is 14.9 Å². The zero-order chi connectivity index (χ0) is 17.8. The summed E-state index contributed by atoms with van der Waals surface area (Å²) in [7, 11) is 0. The van der Waals surface area contributed by atoms with E-state index in [1.54, 1.807) is 10.9 Å². The molecule has 126 valence electrons. The fourth-order valence-corrected chi connectivity index (χ4v) is 2.10. The molecular formula is C16H12N4O5. The molecule has 9 nitrogen and oxygen atoms in total. The van der Waals surface area contributed by atoms with Crippen molar-refractivity contribution in [1.82, 2.24) is 9.78 Å². The van der Waals surface area contributed by atoms with Gasteiger partial charge in [-0.2, -0.15) is 5.10 Å². The number of carbonyl (C=O) groups is 1. The van der Waals surface area contributed by atoms with E-state index in [4.69, 9.17) is 4.42 Å². The van der Waals surface area contributed by atoms with Crippen LogP contribution in [0.4, 0.5) is 5.88 Å². The lowest BCUT2D eigenvalue weighted by atomic mass is 10.2. The van der Waals surface area contributed by atoms with Crippen LogP contribution in [0.15, 0.2) is 58.2 Å². The van der Waals surface area contributed by atoms with E-state index < -0.39 is 16.8 Å². The number of furan rings is 1. The third kappa shape index (κ3) is 3.61. The van der Waals surface area contributed by atoms with Crippen LogP contribution in [-0.2, 0) is 9.63 Å². The fraction of sp³-hybridized carbons (Fsp3) is 0.0625. The van der Waals surface area contributed by atoms with Crippen molar-refractivity contribution < 1.29 is 19.0 Å². The number of benzene rings is 1. The Morgan fingerprint density at radius 1 is 1.32 bits per heavy atom. The van der Waals surface area contributed by atoms with Gasteiger partial charge in [0.2, 0.25) is 0 Å². The predicted molar refractivity (Wildman–Crippen MR) is 87.3 cm³/mol. The summed E-state index contributed by atoms with van der Waals surface area (Å²) in [6.07, 6.45) is 2.93. The summed E-state index contributed by atoms with van der Waals surface area (Å²) < 4.78 is 6.77. The van der Waals surface area contributed by atoms with Crippen molar-refractivity contribution in [3.8, 4) is 17.1 Å². The van der Waals surface area contributed by atoms with Crippen molar-refractivity contribution in [3.05, 3.63) is 64.3 Å². The molecule has 0 fully saturated rings. The highest BCUT2D eigenvalue weighted by Crippen LogP contribution is 2.27. The van der Waals surface area contributed by atoms with Crippen molar-refractivity contribution in [1.29, 1.82) is 0 Å². The Balaban J connectivity index is 2.04. The lowest BCUT2D eigenvalue weighted by Gasteiger charge is -1.98. The Morgan fingerprint density at radius 3 is 2.72 bits per heavy atom. The lowest BCUT2D eigenvalue weighted by Crippen LogP contribution is -1.93. The quantitative estimate of drug-likeness (QED) is 0.305. The van der Waals surface area contributed by atoms with Crippen LogP contribution in [0, 0.1) is 10.1 Å². The van der Waals surface area contributed by atoms with Gasteiger partial charge in [-0.05, 0) is 18.2 Å². The second-order valence-electron chi connectivity index (χ2n) is 4.93. The van der Waals surface area contributed by atoms with E-state index in [0.29, 0.717) is 11.3 Å². The van der Waals surface area contributed by atoms with Crippen LogP contribution < -0.4 is 0 Å². The number of aromatic nitrogens is 2. The standard InChI is InChI=1S/C16H12N4O5/c1-11(21)25-17-9-12-10-19(13-5-3-2-4-6-13)18-16(12)14-7-8-15(24-14)20(22)23/h2-10H,1H3. The lowest BCUT2D eigenvalue weighted by molar-refractivity contribution is -0.401. The maximum absolute atomic E-state index is 10.8. The van der Waals surface area contributed by atoms with E-state index in [0.717, 1.165) is 5.69 Å². The maximum atomic E-state index is 10.8. The Kier molecular flexibility index (Phi) is 4.38. The number of hydrogen-bond acceptors (Lipinski definition) is 7. The van der Waals surface area contributed by atoms with Gasteiger partial charge in [0.15, 0.2) is 5.76 Å². The van der Waals surface area contributed by atoms with Gasteiger partial charge in [-0.15, -0.1) is 0 Å². The molecule has 25 heavy (non-hydrogen) atoms. The van der Waals surface area contributed by atoms with Crippen molar-refractivity contribution in [2.45, 2.75) is 6.92 Å². The van der Waals surface area contributed by atoms with E-state index in [1.807, 2.05) is 30.3 Å². The van der Waals surface area contributed by atoms with Gasteiger partial charge in [-0.25, -0.2) is 9.48 Å². The summed E-state index contributed by atoms with van der Waals surface area (Å²) in [5.74, 6) is -0.764. The van der Waals surface area contributed by atoms with Gasteiger partial charge < -0.3 is 9.25 Å². The molecule has 0 bridgehead atoms. The topological polar surface area (TPSA) is 113 Å². The van der Waals surface area contributed by atoms with Crippen LogP contribution in [0.5, 0.6) is 0 Å². The summed E-state index contributed by atoms with van der Waals surface area (Å²) in [6.45, 7) is 1.22. The molecule has 0 aliphatic heterocycles. The normalized spacial score (nSPS) is 10.9. The van der Waals surface area contributed by atoms with E-state index in [2.05, 4.69) is 15.1 Å². The molecule has 0 saturated carbocycles. The first-order valence-electron chi connectivity index (χ1n) is 7.15. The van der Waals surface area contributed by atoms with E-state index in [1.165, 1.54) is 25.3 Å². The van der Waals surface area contributed by atoms with Crippen molar-refractivity contribution in [3.63, 3.8) is 0 Å². The van der Waals surface area contributed by atoms with Crippen LogP contribution in [0.25, 0.3) is 17.1 Å². The molecule has 2 aromatic heterocycles. The van der Waals surface area contributed by atoms with Crippen molar-refractivity contribution in [2.75, 3.05) is 0 Å². The van der Waals surface area contributed by atoms with Crippen molar-refractivity contribution >= 4 is 18.1 Å². The summed E-state index contributed by atoms with van der Waals surface area (Å²) >= 11 is 0. The van der Waals surface area contributed by atoms with Gasteiger partial charge >= 0.3 is 11.9 Å². The Bertz CT molecular complexity index is 943. The summed E-state index contributed by atoms with van der Waals surface area (Å²) in [4.78, 5) is 25.6. The minimum Gasteiger partial charge on any atom is -0.399 e. The third-order valence-electron chi connectivity index (χ3n) is 3.14. The summed E-state index contributed by atoms with van der Waals surface area (Å²) in [5, 5.41) is 18.8. The molecule has 2 heterocycles. The molecule has 0 radical (unpaired) electrons. The van der Waals surface area contributed by atoms with Crippen molar-refractivity contribution in [2.24, 2.45) is 5.16 Å². The number of nitrogens with zero attached hydrogens (tertiary/aromatic N) is 4. The number of rotatable bonds is 5. The van der Waals surface area contributed by atoms with E-state index in [-0.39, 0.29) is 5.76 Å². The molecule has 0 atom stereocenters. The molecule has 0 aliphatic rings. The van der Waals surface area contributed by atoms with Crippen LogP contribution in [0.3, 0.4) is 0 Å². The molecule has 0 aliphatic carbocycles. The molecule has 0 saturated heterocycles. The molecule has 0 N–H and O–H groups in total. The Morgan fingerprint density at radius 2 is 2.08 bits per heavy atom. The SMILES string of the molecule is CC(=O)ON=Cc1cn(-c2ccccc2)nc1-c1ccc([N+](=O)[O-])o1. The molecule has 0 spiro atoms. The van der Waals surface area contributed by atoms with Crippen LogP contribution in [0.1, 0.15) is 12.5 Å². The van der Waals surface area contributed by atoms with Gasteiger partial charge in [0.25, 0.3) is 0 Å². The molecule has 9 heteroatoms. The first kappa shape index (κ1) is 16.1. The zero-order valence-electron chi connectivity index (χ0n) is 13.0. The Labute approximate surface area is 141 Å². The molecular weight excluding hydrogens is 328 g/mol. The van der Waals surface area contributed by atoms with Gasteiger partial charge in [-0.3, -0.25) is 10.1 Å². The molecule has 1 aromatic carbocycles. The smallest absolute Gasteiger partial charge is 0.399 e.